The fourth-order valence-corrected chi connectivity index (χ4v) is 4.55. The molecule has 8 heteroatoms. The molecule has 152 valence electrons. The van der Waals surface area contributed by atoms with Crippen LogP contribution < -0.4 is 10.1 Å². The van der Waals surface area contributed by atoms with E-state index < -0.39 is 10.0 Å². The zero-order valence-electron chi connectivity index (χ0n) is 16.6. The highest BCUT2D eigenvalue weighted by Crippen LogP contribution is 2.27. The molecule has 6 nitrogen and oxygen atoms in total. The molecule has 0 saturated carbocycles. The molecule has 0 spiro atoms. The van der Waals surface area contributed by atoms with Crippen LogP contribution in [0.1, 0.15) is 35.8 Å². The summed E-state index contributed by atoms with van der Waals surface area (Å²) in [4.78, 5) is 12.9. The van der Waals surface area contributed by atoms with Crippen LogP contribution in [0.4, 0.5) is 0 Å². The van der Waals surface area contributed by atoms with E-state index >= 15 is 0 Å². The van der Waals surface area contributed by atoms with Crippen molar-refractivity contribution in [3.05, 3.63) is 58.1 Å². The van der Waals surface area contributed by atoms with E-state index in [2.05, 4.69) is 21.2 Å². The fourth-order valence-electron chi connectivity index (χ4n) is 2.71. The Kier molecular flexibility index (Phi) is 7.25. The number of rotatable bonds is 7. The van der Waals surface area contributed by atoms with Gasteiger partial charge in [-0.1, -0.05) is 26.0 Å². The lowest BCUT2D eigenvalue weighted by Crippen LogP contribution is -2.32. The third-order valence-corrected chi connectivity index (χ3v) is 7.19. The van der Waals surface area contributed by atoms with Crippen LogP contribution in [0.2, 0.25) is 0 Å². The largest absolute Gasteiger partial charge is 0.497 e. The predicted octanol–water partition coefficient (Wildman–Crippen LogP) is 3.84. The number of nitrogens with zero attached hydrogens (tertiary/aromatic N) is 1. The maximum Gasteiger partial charge on any atom is 0.251 e. The van der Waals surface area contributed by atoms with Crippen LogP contribution in [0.15, 0.2) is 51.8 Å². The molecule has 0 bridgehead atoms. The highest BCUT2D eigenvalue weighted by Gasteiger charge is 2.24. The van der Waals surface area contributed by atoms with Crippen molar-refractivity contribution < 1.29 is 17.9 Å². The Hall–Kier alpha value is -1.90. The van der Waals surface area contributed by atoms with Gasteiger partial charge in [0.25, 0.3) is 5.91 Å². The van der Waals surface area contributed by atoms with Crippen LogP contribution in [0, 0.1) is 5.92 Å². The van der Waals surface area contributed by atoms with Crippen molar-refractivity contribution in [3.8, 4) is 5.75 Å². The van der Waals surface area contributed by atoms with Crippen LogP contribution in [-0.2, 0) is 10.0 Å². The van der Waals surface area contributed by atoms with Crippen LogP contribution in [0.3, 0.4) is 0 Å². The van der Waals surface area contributed by atoms with Crippen molar-refractivity contribution in [3.63, 3.8) is 0 Å². The molecule has 28 heavy (non-hydrogen) atoms. The molecule has 0 aliphatic carbocycles. The Bertz CT molecular complexity index is 941. The van der Waals surface area contributed by atoms with Gasteiger partial charge >= 0.3 is 0 Å². The minimum Gasteiger partial charge on any atom is -0.497 e. The molecule has 0 saturated heterocycles. The van der Waals surface area contributed by atoms with Crippen LogP contribution in [0.5, 0.6) is 5.75 Å². The zero-order valence-corrected chi connectivity index (χ0v) is 19.0. The molecule has 0 radical (unpaired) electrons. The Morgan fingerprint density at radius 2 is 1.71 bits per heavy atom. The third-order valence-electron chi connectivity index (χ3n) is 4.38. The van der Waals surface area contributed by atoms with Crippen LogP contribution in [0.25, 0.3) is 0 Å². The average molecular weight is 469 g/mol. The predicted molar refractivity (Wildman–Crippen MR) is 113 cm³/mol. The first kappa shape index (κ1) is 22.4. The maximum absolute atomic E-state index is 12.9. The second-order valence-electron chi connectivity index (χ2n) is 6.90. The van der Waals surface area contributed by atoms with E-state index in [-0.39, 0.29) is 28.3 Å². The number of nitrogens with one attached hydrogen (secondary N) is 1. The van der Waals surface area contributed by atoms with E-state index in [1.165, 1.54) is 20.2 Å². The molecule has 0 aliphatic heterocycles. The number of benzene rings is 2. The summed E-state index contributed by atoms with van der Waals surface area (Å²) in [5.41, 5.74) is 1.23. The number of hydrogen-bond donors (Lipinski definition) is 1. The maximum atomic E-state index is 12.9. The van der Waals surface area contributed by atoms with E-state index in [0.717, 1.165) is 15.6 Å². The molecule has 2 aromatic rings. The van der Waals surface area contributed by atoms with Gasteiger partial charge in [0.2, 0.25) is 10.0 Å². The second-order valence-corrected chi connectivity index (χ2v) is 9.88. The van der Waals surface area contributed by atoms with Crippen LogP contribution >= 0.6 is 15.9 Å². The summed E-state index contributed by atoms with van der Waals surface area (Å²) in [5, 5.41) is 3.01. The summed E-state index contributed by atoms with van der Waals surface area (Å²) in [6.07, 6.45) is 0. The lowest BCUT2D eigenvalue weighted by Gasteiger charge is -2.23. The molecule has 2 aromatic carbocycles. The van der Waals surface area contributed by atoms with Gasteiger partial charge < -0.3 is 10.1 Å². The van der Waals surface area contributed by atoms with Crippen molar-refractivity contribution in [1.82, 2.24) is 9.62 Å². The van der Waals surface area contributed by atoms with Gasteiger partial charge in [0.15, 0.2) is 0 Å². The van der Waals surface area contributed by atoms with Crippen molar-refractivity contribution >= 4 is 31.9 Å². The molecule has 2 rings (SSSR count). The number of hydrogen-bond acceptors (Lipinski definition) is 4. The monoisotopic (exact) mass is 468 g/mol. The number of halogens is 1. The first-order valence-electron chi connectivity index (χ1n) is 8.74. The van der Waals surface area contributed by atoms with E-state index in [9.17, 15) is 13.2 Å². The summed E-state index contributed by atoms with van der Waals surface area (Å²) in [6.45, 7) is 4.03. The van der Waals surface area contributed by atoms with Gasteiger partial charge in [-0.3, -0.25) is 4.79 Å². The van der Waals surface area contributed by atoms with Gasteiger partial charge in [0, 0.05) is 24.1 Å². The van der Waals surface area contributed by atoms with E-state index in [0.29, 0.717) is 4.47 Å². The number of amides is 1. The van der Waals surface area contributed by atoms with Crippen molar-refractivity contribution in [1.29, 1.82) is 0 Å². The topological polar surface area (TPSA) is 75.7 Å². The van der Waals surface area contributed by atoms with Gasteiger partial charge in [-0.05, 0) is 57.7 Å². The van der Waals surface area contributed by atoms with Crippen molar-refractivity contribution in [2.45, 2.75) is 24.8 Å². The van der Waals surface area contributed by atoms with E-state index in [1.54, 1.807) is 19.2 Å². The molecule has 0 aliphatic rings. The second kappa shape index (κ2) is 9.07. The van der Waals surface area contributed by atoms with Crippen LogP contribution in [-0.4, -0.2) is 39.8 Å². The number of ether oxygens (including phenoxy) is 1. The number of sulfonamides is 1. The highest BCUT2D eigenvalue weighted by atomic mass is 79.9. The Morgan fingerprint density at radius 1 is 1.11 bits per heavy atom. The molecule has 1 unspecified atom stereocenters. The van der Waals surface area contributed by atoms with Gasteiger partial charge in [-0.15, -0.1) is 0 Å². The Morgan fingerprint density at radius 3 is 2.21 bits per heavy atom. The van der Waals surface area contributed by atoms with Crippen molar-refractivity contribution in [2.75, 3.05) is 21.2 Å². The van der Waals surface area contributed by atoms with Gasteiger partial charge in [-0.2, -0.15) is 0 Å². The van der Waals surface area contributed by atoms with E-state index in [4.69, 9.17) is 4.74 Å². The normalized spacial score (nSPS) is 12.9. The molecule has 1 amide bonds. The summed E-state index contributed by atoms with van der Waals surface area (Å²) < 4.78 is 31.7. The molecule has 0 aromatic heterocycles. The van der Waals surface area contributed by atoms with E-state index in [1.807, 2.05) is 38.1 Å². The summed E-state index contributed by atoms with van der Waals surface area (Å²) in [6, 6.07) is 11.8. The zero-order chi connectivity index (χ0) is 21.1. The smallest absolute Gasteiger partial charge is 0.251 e. The first-order valence-corrected chi connectivity index (χ1v) is 11.0. The molecule has 0 fully saturated rings. The summed E-state index contributed by atoms with van der Waals surface area (Å²) in [5.74, 6) is 0.541. The number of carbonyl (C=O) groups is 1. The molecule has 1 atom stereocenters. The minimum absolute atomic E-state index is 0.0516. The van der Waals surface area contributed by atoms with Crippen molar-refractivity contribution in [2.24, 2.45) is 5.92 Å². The third kappa shape index (κ3) is 4.92. The molecule has 1 N–H and O–H groups in total. The minimum atomic E-state index is -3.68. The first-order chi connectivity index (χ1) is 13.1. The SMILES string of the molecule is COc1ccc(C(NC(=O)c2ccc(Br)c(S(=O)(=O)N(C)C)c2)C(C)C)cc1. The number of methoxy groups -OCH3 is 1. The standard InChI is InChI=1S/C20H25BrN2O4S/c1-13(2)19(14-6-9-16(27-5)10-7-14)22-20(24)15-8-11-17(21)18(12-15)28(25,26)23(3)4/h6-13,19H,1-5H3,(H,22,24). The lowest BCUT2D eigenvalue weighted by molar-refractivity contribution is 0.0925. The van der Waals surface area contributed by atoms with Gasteiger partial charge in [-0.25, -0.2) is 12.7 Å². The van der Waals surface area contributed by atoms with Gasteiger partial charge in [0.1, 0.15) is 5.75 Å². The Labute approximate surface area is 175 Å². The molecular weight excluding hydrogens is 444 g/mol. The Balaban J connectivity index is 2.34. The summed E-state index contributed by atoms with van der Waals surface area (Å²) >= 11 is 3.26. The number of carbonyl (C=O) groups excluding carboxylic acids is 1. The quantitative estimate of drug-likeness (QED) is 0.669. The highest BCUT2D eigenvalue weighted by molar-refractivity contribution is 9.10. The molecule has 0 heterocycles. The fraction of sp³-hybridized carbons (Fsp3) is 0.350. The average Bonchev–Trinajstić information content (AvgIpc) is 2.65. The lowest BCUT2D eigenvalue weighted by atomic mass is 9.95. The molecular formula is C20H25BrN2O4S. The summed E-state index contributed by atoms with van der Waals surface area (Å²) in [7, 11) is 0.828. The van der Waals surface area contributed by atoms with Gasteiger partial charge in [0.05, 0.1) is 18.0 Å².